The van der Waals surface area contributed by atoms with Crippen LogP contribution in [0.5, 0.6) is 0 Å². The number of aryl methyl sites for hydroxylation is 2. The second-order valence-corrected chi connectivity index (χ2v) is 6.60. The fourth-order valence-corrected chi connectivity index (χ4v) is 3.75. The average molecular weight is 294 g/mol. The fraction of sp³-hybridized carbons (Fsp3) is 0.600. The van der Waals surface area contributed by atoms with Gasteiger partial charge in [-0.25, -0.2) is 0 Å². The Balaban J connectivity index is 2.21. The Labute approximate surface area is 124 Å². The van der Waals surface area contributed by atoms with E-state index >= 15 is 0 Å². The SMILES string of the molecule is CCc1sc(C(=O)N2CCCC2C(=O)N(C)C)cc1C. The zero-order valence-electron chi connectivity index (χ0n) is 12.6. The van der Waals surface area contributed by atoms with E-state index in [1.807, 2.05) is 13.0 Å². The third-order valence-corrected chi connectivity index (χ3v) is 5.16. The first-order valence-corrected chi connectivity index (χ1v) is 7.88. The summed E-state index contributed by atoms with van der Waals surface area (Å²) >= 11 is 1.56. The highest BCUT2D eigenvalue weighted by Gasteiger charge is 2.35. The van der Waals surface area contributed by atoms with Crippen LogP contribution in [0.15, 0.2) is 6.07 Å². The standard InChI is InChI=1S/C15H22N2O2S/c1-5-12-10(2)9-13(20-12)15(19)17-8-6-7-11(17)14(18)16(3)4/h9,11H,5-8H2,1-4H3. The van der Waals surface area contributed by atoms with E-state index in [0.29, 0.717) is 6.54 Å². The Kier molecular flexibility index (Phi) is 4.48. The number of likely N-dealkylation sites (tertiary alicyclic amines) is 1. The van der Waals surface area contributed by atoms with Gasteiger partial charge in [0.05, 0.1) is 4.88 Å². The van der Waals surface area contributed by atoms with Crippen LogP contribution in [0.3, 0.4) is 0 Å². The summed E-state index contributed by atoms with van der Waals surface area (Å²) in [4.78, 5) is 30.1. The van der Waals surface area contributed by atoms with Crippen molar-refractivity contribution in [3.05, 3.63) is 21.4 Å². The molecule has 20 heavy (non-hydrogen) atoms. The Bertz CT molecular complexity index is 522. The molecule has 5 heteroatoms. The number of rotatable bonds is 3. The summed E-state index contributed by atoms with van der Waals surface area (Å²) in [6.07, 6.45) is 2.62. The molecular weight excluding hydrogens is 272 g/mol. The highest BCUT2D eigenvalue weighted by atomic mass is 32.1. The van der Waals surface area contributed by atoms with Gasteiger partial charge in [0.2, 0.25) is 5.91 Å². The lowest BCUT2D eigenvalue weighted by Crippen LogP contribution is -2.45. The molecule has 0 N–H and O–H groups in total. The van der Waals surface area contributed by atoms with Crippen molar-refractivity contribution in [2.75, 3.05) is 20.6 Å². The van der Waals surface area contributed by atoms with Gasteiger partial charge in [-0.3, -0.25) is 9.59 Å². The van der Waals surface area contributed by atoms with Crippen LogP contribution in [0.4, 0.5) is 0 Å². The van der Waals surface area contributed by atoms with Gasteiger partial charge < -0.3 is 9.80 Å². The Hall–Kier alpha value is -1.36. The monoisotopic (exact) mass is 294 g/mol. The van der Waals surface area contributed by atoms with E-state index in [9.17, 15) is 9.59 Å². The van der Waals surface area contributed by atoms with Crippen LogP contribution in [0.2, 0.25) is 0 Å². The second-order valence-electron chi connectivity index (χ2n) is 5.46. The van der Waals surface area contributed by atoms with Crippen LogP contribution < -0.4 is 0 Å². The molecule has 1 aliphatic heterocycles. The molecule has 1 saturated heterocycles. The van der Waals surface area contributed by atoms with Crippen LogP contribution in [-0.4, -0.2) is 48.3 Å². The molecule has 1 aliphatic rings. The first kappa shape index (κ1) is 15.0. The minimum absolute atomic E-state index is 0.00972. The smallest absolute Gasteiger partial charge is 0.264 e. The lowest BCUT2D eigenvalue weighted by molar-refractivity contribution is -0.132. The zero-order chi connectivity index (χ0) is 14.9. The molecule has 0 spiro atoms. The summed E-state index contributed by atoms with van der Waals surface area (Å²) < 4.78 is 0. The predicted octanol–water partition coefficient (Wildman–Crippen LogP) is 2.31. The van der Waals surface area contributed by atoms with Crippen molar-refractivity contribution in [1.29, 1.82) is 0 Å². The minimum Gasteiger partial charge on any atom is -0.347 e. The molecular formula is C15H22N2O2S. The molecule has 1 fully saturated rings. The van der Waals surface area contributed by atoms with E-state index in [-0.39, 0.29) is 17.9 Å². The number of hydrogen-bond acceptors (Lipinski definition) is 3. The summed E-state index contributed by atoms with van der Waals surface area (Å²) in [7, 11) is 3.49. The second kappa shape index (κ2) is 5.95. The lowest BCUT2D eigenvalue weighted by atomic mass is 10.2. The van der Waals surface area contributed by atoms with Crippen LogP contribution in [0, 0.1) is 6.92 Å². The molecule has 1 unspecified atom stereocenters. The Morgan fingerprint density at radius 3 is 2.70 bits per heavy atom. The van der Waals surface area contributed by atoms with E-state index in [4.69, 9.17) is 0 Å². The number of thiophene rings is 1. The topological polar surface area (TPSA) is 40.6 Å². The van der Waals surface area contributed by atoms with Gasteiger partial charge in [0.15, 0.2) is 0 Å². The van der Waals surface area contributed by atoms with E-state index in [0.717, 1.165) is 24.1 Å². The van der Waals surface area contributed by atoms with Gasteiger partial charge in [-0.2, -0.15) is 0 Å². The molecule has 0 saturated carbocycles. The number of nitrogens with zero attached hydrogens (tertiary/aromatic N) is 2. The van der Waals surface area contributed by atoms with E-state index < -0.39 is 0 Å². The van der Waals surface area contributed by atoms with E-state index in [1.54, 1.807) is 35.2 Å². The zero-order valence-corrected chi connectivity index (χ0v) is 13.4. The quantitative estimate of drug-likeness (QED) is 0.858. The van der Waals surface area contributed by atoms with Gasteiger partial charge >= 0.3 is 0 Å². The van der Waals surface area contributed by atoms with Gasteiger partial charge in [-0.05, 0) is 37.8 Å². The lowest BCUT2D eigenvalue weighted by Gasteiger charge is -2.25. The van der Waals surface area contributed by atoms with E-state index in [1.165, 1.54) is 10.4 Å². The number of carbonyl (C=O) groups excluding carboxylic acids is 2. The summed E-state index contributed by atoms with van der Waals surface area (Å²) in [6, 6.07) is 1.67. The normalized spacial score (nSPS) is 18.4. The molecule has 0 aliphatic carbocycles. The number of carbonyl (C=O) groups is 2. The van der Waals surface area contributed by atoms with Gasteiger partial charge in [0.1, 0.15) is 6.04 Å². The van der Waals surface area contributed by atoms with Crippen molar-refractivity contribution in [2.24, 2.45) is 0 Å². The number of likely N-dealkylation sites (N-methyl/N-ethyl adjacent to an activating group) is 1. The predicted molar refractivity (Wildman–Crippen MR) is 81.2 cm³/mol. The summed E-state index contributed by atoms with van der Waals surface area (Å²) in [5, 5.41) is 0. The average Bonchev–Trinajstić information content (AvgIpc) is 3.03. The van der Waals surface area contributed by atoms with Crippen molar-refractivity contribution in [3.8, 4) is 0 Å². The molecule has 1 aromatic heterocycles. The van der Waals surface area contributed by atoms with Crippen LogP contribution >= 0.6 is 11.3 Å². The summed E-state index contributed by atoms with van der Waals surface area (Å²) in [5.41, 5.74) is 1.18. The van der Waals surface area contributed by atoms with Crippen molar-refractivity contribution in [3.63, 3.8) is 0 Å². The highest BCUT2D eigenvalue weighted by molar-refractivity contribution is 7.14. The Morgan fingerprint density at radius 2 is 2.15 bits per heavy atom. The van der Waals surface area contributed by atoms with Gasteiger partial charge in [0.25, 0.3) is 5.91 Å². The van der Waals surface area contributed by atoms with Crippen LogP contribution in [0.25, 0.3) is 0 Å². The highest BCUT2D eigenvalue weighted by Crippen LogP contribution is 2.27. The maximum Gasteiger partial charge on any atom is 0.264 e. The molecule has 110 valence electrons. The molecule has 2 amide bonds. The first-order valence-electron chi connectivity index (χ1n) is 7.07. The molecule has 2 rings (SSSR count). The third kappa shape index (κ3) is 2.73. The van der Waals surface area contributed by atoms with Gasteiger partial charge in [0, 0.05) is 25.5 Å². The third-order valence-electron chi connectivity index (χ3n) is 3.79. The van der Waals surface area contributed by atoms with Crippen molar-refractivity contribution in [2.45, 2.75) is 39.2 Å². The first-order chi connectivity index (χ1) is 9.45. The van der Waals surface area contributed by atoms with Crippen molar-refractivity contribution < 1.29 is 9.59 Å². The van der Waals surface area contributed by atoms with Gasteiger partial charge in [-0.15, -0.1) is 11.3 Å². The molecule has 1 atom stereocenters. The Morgan fingerprint density at radius 1 is 1.45 bits per heavy atom. The molecule has 0 radical (unpaired) electrons. The molecule has 0 aromatic carbocycles. The molecule has 4 nitrogen and oxygen atoms in total. The maximum atomic E-state index is 12.6. The summed E-state index contributed by atoms with van der Waals surface area (Å²) in [5.74, 6) is 0.0374. The minimum atomic E-state index is -0.287. The van der Waals surface area contributed by atoms with Crippen molar-refractivity contribution in [1.82, 2.24) is 9.80 Å². The molecule has 0 bridgehead atoms. The number of hydrogen-bond donors (Lipinski definition) is 0. The molecule has 2 heterocycles. The summed E-state index contributed by atoms with van der Waals surface area (Å²) in [6.45, 7) is 4.82. The number of amides is 2. The largest absolute Gasteiger partial charge is 0.347 e. The fourth-order valence-electron chi connectivity index (χ4n) is 2.68. The van der Waals surface area contributed by atoms with Crippen LogP contribution in [-0.2, 0) is 11.2 Å². The van der Waals surface area contributed by atoms with Crippen molar-refractivity contribution >= 4 is 23.2 Å². The van der Waals surface area contributed by atoms with Gasteiger partial charge in [-0.1, -0.05) is 6.92 Å². The van der Waals surface area contributed by atoms with Crippen LogP contribution in [0.1, 0.15) is 39.9 Å². The van der Waals surface area contributed by atoms with E-state index in [2.05, 4.69) is 6.92 Å². The molecule has 1 aromatic rings. The maximum absolute atomic E-state index is 12.6.